The third-order valence-electron chi connectivity index (χ3n) is 1.46. The number of allylic oxidation sites excluding steroid dienone is 1. The van der Waals surface area contributed by atoms with Crippen molar-refractivity contribution in [3.05, 3.63) is 40.1 Å². The maximum Gasteiger partial charge on any atom is 0.133 e. The molecule has 66 valence electrons. The first-order valence-electron chi connectivity index (χ1n) is 3.46. The third kappa shape index (κ3) is 2.30. The van der Waals surface area contributed by atoms with E-state index in [9.17, 15) is 4.39 Å². The van der Waals surface area contributed by atoms with Crippen molar-refractivity contribution in [2.45, 2.75) is 0 Å². The Hall–Kier alpha value is -1.34. The molecule has 1 rings (SSSR count). The van der Waals surface area contributed by atoms with Gasteiger partial charge in [0.2, 0.25) is 0 Å². The van der Waals surface area contributed by atoms with E-state index in [1.807, 2.05) is 0 Å². The van der Waals surface area contributed by atoms with E-state index in [0.717, 1.165) is 6.08 Å². The topological polar surface area (TPSA) is 49.8 Å². The second-order valence-electron chi connectivity index (χ2n) is 2.35. The lowest BCUT2D eigenvalue weighted by Crippen LogP contribution is -1.98. The molecule has 0 aliphatic heterocycles. The van der Waals surface area contributed by atoms with Gasteiger partial charge >= 0.3 is 0 Å². The highest BCUT2D eigenvalue weighted by atomic mass is 79.9. The Kier molecular flexibility index (Phi) is 3.04. The molecule has 0 aliphatic rings. The van der Waals surface area contributed by atoms with Gasteiger partial charge in [0, 0.05) is 16.1 Å². The number of nitrogens with zero attached hydrogens (tertiary/aromatic N) is 1. The quantitative estimate of drug-likeness (QED) is 0.767. The lowest BCUT2D eigenvalue weighted by molar-refractivity contribution is 0.623. The Bertz CT molecular complexity index is 393. The Morgan fingerprint density at radius 1 is 1.62 bits per heavy atom. The molecule has 0 aliphatic carbocycles. The van der Waals surface area contributed by atoms with Gasteiger partial charge in [-0.25, -0.2) is 4.39 Å². The fourth-order valence-corrected chi connectivity index (χ4v) is 1.20. The van der Waals surface area contributed by atoms with E-state index in [2.05, 4.69) is 15.9 Å². The monoisotopic (exact) mass is 240 g/mol. The predicted molar refractivity (Wildman–Crippen MR) is 51.9 cm³/mol. The zero-order valence-electron chi connectivity index (χ0n) is 6.59. The molecule has 1 aromatic rings. The predicted octanol–water partition coefficient (Wildman–Crippen LogP) is 2.41. The fraction of sp³-hybridized carbons (Fsp3) is 0. The summed E-state index contributed by atoms with van der Waals surface area (Å²) in [6.45, 7) is 0. The molecule has 0 radical (unpaired) electrons. The summed E-state index contributed by atoms with van der Waals surface area (Å²) < 4.78 is 13.8. The van der Waals surface area contributed by atoms with E-state index in [1.165, 1.54) is 12.1 Å². The second-order valence-corrected chi connectivity index (χ2v) is 3.27. The van der Waals surface area contributed by atoms with Crippen molar-refractivity contribution < 1.29 is 4.39 Å². The highest BCUT2D eigenvalue weighted by molar-refractivity contribution is 9.10. The molecular formula is C9H6BrFN2. The van der Waals surface area contributed by atoms with Crippen molar-refractivity contribution in [1.82, 2.24) is 0 Å². The van der Waals surface area contributed by atoms with E-state index < -0.39 is 5.82 Å². The van der Waals surface area contributed by atoms with E-state index in [0.29, 0.717) is 4.47 Å². The van der Waals surface area contributed by atoms with Crippen LogP contribution in [-0.4, -0.2) is 0 Å². The number of hydrogen-bond donors (Lipinski definition) is 1. The van der Waals surface area contributed by atoms with Gasteiger partial charge in [0.1, 0.15) is 5.82 Å². The second kappa shape index (κ2) is 4.06. The highest BCUT2D eigenvalue weighted by Gasteiger charge is 2.04. The number of rotatable bonds is 1. The molecule has 4 heteroatoms. The van der Waals surface area contributed by atoms with Crippen LogP contribution in [0.4, 0.5) is 4.39 Å². The molecule has 0 unspecified atom stereocenters. The maximum atomic E-state index is 13.2. The van der Waals surface area contributed by atoms with Gasteiger partial charge in [-0.1, -0.05) is 15.9 Å². The molecule has 2 nitrogen and oxygen atoms in total. The summed E-state index contributed by atoms with van der Waals surface area (Å²) in [6.07, 6.45) is 1.10. The molecule has 0 spiro atoms. The smallest absolute Gasteiger partial charge is 0.133 e. The molecule has 1 aromatic carbocycles. The molecule has 0 fully saturated rings. The minimum atomic E-state index is -0.446. The summed E-state index contributed by atoms with van der Waals surface area (Å²) in [4.78, 5) is 0. The number of nitrogens with two attached hydrogens (primary N) is 1. The number of hydrogen-bond acceptors (Lipinski definition) is 2. The first-order chi connectivity index (χ1) is 6.15. The van der Waals surface area contributed by atoms with E-state index >= 15 is 0 Å². The normalized spacial score (nSPS) is 11.0. The SMILES string of the molecule is N#C/C=C(/N)c1ccc(Br)cc1F. The lowest BCUT2D eigenvalue weighted by Gasteiger charge is -2.01. The summed E-state index contributed by atoms with van der Waals surface area (Å²) in [5.74, 6) is -0.446. The van der Waals surface area contributed by atoms with Crippen LogP contribution in [0.2, 0.25) is 0 Å². The Balaban J connectivity index is 3.18. The number of benzene rings is 1. The van der Waals surface area contributed by atoms with E-state index in [1.54, 1.807) is 12.1 Å². The van der Waals surface area contributed by atoms with Crippen LogP contribution < -0.4 is 5.73 Å². The van der Waals surface area contributed by atoms with Gasteiger partial charge in [0.25, 0.3) is 0 Å². The number of halogens is 2. The summed E-state index contributed by atoms with van der Waals surface area (Å²) in [6, 6.07) is 6.22. The average molecular weight is 241 g/mol. The highest BCUT2D eigenvalue weighted by Crippen LogP contribution is 2.18. The number of nitriles is 1. The standard InChI is InChI=1S/C9H6BrFN2/c10-6-1-2-7(8(11)5-6)9(13)3-4-12/h1-3,5H,13H2/b9-3+. The minimum absolute atomic E-state index is 0.132. The maximum absolute atomic E-state index is 13.2. The van der Waals surface area contributed by atoms with Crippen LogP contribution in [-0.2, 0) is 0 Å². The van der Waals surface area contributed by atoms with Gasteiger partial charge in [0.05, 0.1) is 11.8 Å². The summed E-state index contributed by atoms with van der Waals surface area (Å²) in [7, 11) is 0. The van der Waals surface area contributed by atoms with Crippen molar-refractivity contribution in [2.24, 2.45) is 5.73 Å². The Labute approximate surface area is 83.6 Å². The molecule has 0 heterocycles. The van der Waals surface area contributed by atoms with Crippen LogP contribution in [0, 0.1) is 17.1 Å². The van der Waals surface area contributed by atoms with Crippen LogP contribution >= 0.6 is 15.9 Å². The Morgan fingerprint density at radius 3 is 2.85 bits per heavy atom. The van der Waals surface area contributed by atoms with Crippen LogP contribution in [0.5, 0.6) is 0 Å². The van der Waals surface area contributed by atoms with Crippen LogP contribution in [0.3, 0.4) is 0 Å². The summed E-state index contributed by atoms with van der Waals surface area (Å²) >= 11 is 3.12. The first-order valence-corrected chi connectivity index (χ1v) is 4.25. The third-order valence-corrected chi connectivity index (χ3v) is 1.96. The molecule has 0 saturated heterocycles. The largest absolute Gasteiger partial charge is 0.398 e. The van der Waals surface area contributed by atoms with Crippen LogP contribution in [0.25, 0.3) is 5.70 Å². The van der Waals surface area contributed by atoms with Crippen molar-refractivity contribution in [1.29, 1.82) is 5.26 Å². The average Bonchev–Trinajstić information content (AvgIpc) is 2.04. The molecule has 0 amide bonds. The van der Waals surface area contributed by atoms with Gasteiger partial charge in [-0.15, -0.1) is 0 Å². The molecule has 13 heavy (non-hydrogen) atoms. The van der Waals surface area contributed by atoms with E-state index in [4.69, 9.17) is 11.0 Å². The molecule has 2 N–H and O–H groups in total. The van der Waals surface area contributed by atoms with Gasteiger partial charge < -0.3 is 5.73 Å². The van der Waals surface area contributed by atoms with Gasteiger partial charge in [-0.3, -0.25) is 0 Å². The summed E-state index contributed by atoms with van der Waals surface area (Å²) in [5, 5.41) is 8.31. The molecular weight excluding hydrogens is 235 g/mol. The Morgan fingerprint density at radius 2 is 2.31 bits per heavy atom. The lowest BCUT2D eigenvalue weighted by atomic mass is 10.1. The molecule has 0 bridgehead atoms. The summed E-state index contributed by atoms with van der Waals surface area (Å²) in [5.41, 5.74) is 5.81. The molecule has 0 saturated carbocycles. The van der Waals surface area contributed by atoms with Crippen LogP contribution in [0.1, 0.15) is 5.56 Å². The zero-order chi connectivity index (χ0) is 9.84. The van der Waals surface area contributed by atoms with Crippen LogP contribution in [0.15, 0.2) is 28.7 Å². The van der Waals surface area contributed by atoms with Crippen molar-refractivity contribution in [3.63, 3.8) is 0 Å². The van der Waals surface area contributed by atoms with Gasteiger partial charge in [0.15, 0.2) is 0 Å². The van der Waals surface area contributed by atoms with Crippen molar-refractivity contribution in [3.8, 4) is 6.07 Å². The van der Waals surface area contributed by atoms with E-state index in [-0.39, 0.29) is 11.3 Å². The fourth-order valence-electron chi connectivity index (χ4n) is 0.871. The minimum Gasteiger partial charge on any atom is -0.398 e. The molecule has 0 aromatic heterocycles. The molecule has 0 atom stereocenters. The zero-order valence-corrected chi connectivity index (χ0v) is 8.18. The van der Waals surface area contributed by atoms with Gasteiger partial charge in [-0.2, -0.15) is 5.26 Å². The first kappa shape index (κ1) is 9.75. The van der Waals surface area contributed by atoms with Gasteiger partial charge in [-0.05, 0) is 18.2 Å². The van der Waals surface area contributed by atoms with Crippen molar-refractivity contribution >= 4 is 21.6 Å². The van der Waals surface area contributed by atoms with Crippen molar-refractivity contribution in [2.75, 3.05) is 0 Å².